The molecule has 244 valence electrons. The number of para-hydroxylation sites is 1. The minimum Gasteiger partial charge on any atom is -0.456 e. The van der Waals surface area contributed by atoms with Crippen molar-refractivity contribution in [3.05, 3.63) is 170 Å². The number of furan rings is 1. The molecular formula is C46H28N4O2. The van der Waals surface area contributed by atoms with Gasteiger partial charge >= 0.3 is 0 Å². The Hall–Kier alpha value is -7.18. The quantitative estimate of drug-likeness (QED) is 0.175. The predicted molar refractivity (Wildman–Crippen MR) is 207 cm³/mol. The van der Waals surface area contributed by atoms with Crippen molar-refractivity contribution in [2.75, 3.05) is 0 Å². The van der Waals surface area contributed by atoms with Crippen molar-refractivity contribution in [2.24, 2.45) is 0 Å². The van der Waals surface area contributed by atoms with Gasteiger partial charge in [-0.3, -0.25) is 0 Å². The first-order chi connectivity index (χ1) is 25.7. The van der Waals surface area contributed by atoms with E-state index in [9.17, 15) is 0 Å². The molecule has 0 bridgehead atoms. The lowest BCUT2D eigenvalue weighted by Gasteiger charge is -2.11. The number of hydrogen-bond acceptors (Lipinski definition) is 6. The highest BCUT2D eigenvalue weighted by molar-refractivity contribution is 6.11. The Kier molecular flexibility index (Phi) is 7.03. The topological polar surface area (TPSA) is 77.8 Å². The first-order valence-corrected chi connectivity index (χ1v) is 17.1. The summed E-state index contributed by atoms with van der Waals surface area (Å²) < 4.78 is 12.5. The summed E-state index contributed by atoms with van der Waals surface area (Å²) >= 11 is 0. The fourth-order valence-corrected chi connectivity index (χ4v) is 6.83. The fraction of sp³-hybridized carbons (Fsp3) is 0. The first-order valence-electron chi connectivity index (χ1n) is 17.1. The standard InChI is InChI=1S/C46H28N4O2/c1-3-12-29(13-4-1)31-16-9-17-32(26-31)33-18-10-19-34(27-33)43-48-44(35-24-25-38-41(28-35)52-46(47-38)30-14-5-2-6-15-30)50-45(49-43)37-21-11-23-40-42(37)36-20-7-8-22-39(36)51-40/h1-28H. The minimum atomic E-state index is 0.529. The van der Waals surface area contributed by atoms with Crippen molar-refractivity contribution in [1.29, 1.82) is 0 Å². The molecule has 0 saturated carbocycles. The van der Waals surface area contributed by atoms with Crippen LogP contribution in [0.3, 0.4) is 0 Å². The van der Waals surface area contributed by atoms with Gasteiger partial charge in [0.2, 0.25) is 5.89 Å². The highest BCUT2D eigenvalue weighted by atomic mass is 16.3. The summed E-state index contributed by atoms with van der Waals surface area (Å²) in [6, 6.07) is 57.3. The van der Waals surface area contributed by atoms with E-state index in [0.717, 1.165) is 66.4 Å². The zero-order chi connectivity index (χ0) is 34.4. The Bertz CT molecular complexity index is 2910. The second-order valence-corrected chi connectivity index (χ2v) is 12.7. The van der Waals surface area contributed by atoms with Crippen LogP contribution in [0.4, 0.5) is 0 Å². The van der Waals surface area contributed by atoms with E-state index in [1.807, 2.05) is 97.1 Å². The number of oxazole rings is 1. The summed E-state index contributed by atoms with van der Waals surface area (Å²) in [5, 5.41) is 1.97. The molecule has 0 amide bonds. The van der Waals surface area contributed by atoms with E-state index in [2.05, 4.69) is 72.8 Å². The molecule has 0 aliphatic rings. The van der Waals surface area contributed by atoms with Crippen LogP contribution in [0.25, 0.3) is 101 Å². The summed E-state index contributed by atoms with van der Waals surface area (Å²) in [7, 11) is 0. The minimum absolute atomic E-state index is 0.529. The third-order valence-electron chi connectivity index (χ3n) is 9.37. The van der Waals surface area contributed by atoms with Gasteiger partial charge in [0.05, 0.1) is 0 Å². The summed E-state index contributed by atoms with van der Waals surface area (Å²) in [4.78, 5) is 20.1. The third kappa shape index (κ3) is 5.30. The van der Waals surface area contributed by atoms with Crippen molar-refractivity contribution >= 4 is 33.0 Å². The van der Waals surface area contributed by atoms with Crippen molar-refractivity contribution < 1.29 is 8.83 Å². The van der Waals surface area contributed by atoms with Gasteiger partial charge in [0.25, 0.3) is 0 Å². The molecule has 0 unspecified atom stereocenters. The number of rotatable bonds is 6. The van der Waals surface area contributed by atoms with Gasteiger partial charge in [0, 0.05) is 33.0 Å². The van der Waals surface area contributed by atoms with E-state index < -0.39 is 0 Å². The molecular weight excluding hydrogens is 641 g/mol. The Morgan fingerprint density at radius 3 is 1.65 bits per heavy atom. The van der Waals surface area contributed by atoms with E-state index >= 15 is 0 Å². The maximum absolute atomic E-state index is 6.25. The molecule has 0 aliphatic heterocycles. The van der Waals surface area contributed by atoms with Crippen molar-refractivity contribution in [2.45, 2.75) is 0 Å². The van der Waals surface area contributed by atoms with Gasteiger partial charge in [0.1, 0.15) is 16.7 Å². The highest BCUT2D eigenvalue weighted by Gasteiger charge is 2.19. The van der Waals surface area contributed by atoms with E-state index in [-0.39, 0.29) is 0 Å². The number of fused-ring (bicyclic) bond motifs is 4. The van der Waals surface area contributed by atoms with Gasteiger partial charge in [0.15, 0.2) is 23.1 Å². The average molecular weight is 669 g/mol. The molecule has 52 heavy (non-hydrogen) atoms. The molecule has 3 heterocycles. The molecule has 7 aromatic carbocycles. The number of hydrogen-bond donors (Lipinski definition) is 0. The van der Waals surface area contributed by atoms with Crippen LogP contribution in [-0.4, -0.2) is 19.9 Å². The monoisotopic (exact) mass is 668 g/mol. The van der Waals surface area contributed by atoms with Crippen LogP contribution in [0.2, 0.25) is 0 Å². The van der Waals surface area contributed by atoms with Crippen LogP contribution in [0.1, 0.15) is 0 Å². The summed E-state index contributed by atoms with van der Waals surface area (Å²) in [6.45, 7) is 0. The fourth-order valence-electron chi connectivity index (χ4n) is 6.83. The van der Waals surface area contributed by atoms with E-state index in [1.54, 1.807) is 0 Å². The number of benzene rings is 7. The summed E-state index contributed by atoms with van der Waals surface area (Å²) in [5.74, 6) is 2.21. The van der Waals surface area contributed by atoms with Crippen molar-refractivity contribution in [1.82, 2.24) is 19.9 Å². The van der Waals surface area contributed by atoms with Crippen LogP contribution in [0, 0.1) is 0 Å². The smallest absolute Gasteiger partial charge is 0.227 e. The lowest BCUT2D eigenvalue weighted by molar-refractivity contribution is 0.620. The average Bonchev–Trinajstić information content (AvgIpc) is 3.83. The highest BCUT2D eigenvalue weighted by Crippen LogP contribution is 2.37. The lowest BCUT2D eigenvalue weighted by Crippen LogP contribution is -2.00. The molecule has 10 aromatic rings. The van der Waals surface area contributed by atoms with Crippen LogP contribution < -0.4 is 0 Å². The SMILES string of the molecule is c1ccc(-c2cccc(-c3cccc(-c4nc(-c5ccc6nc(-c7ccccc7)oc6c5)nc(-c5cccc6oc7ccccc7c56)n4)c3)c2)cc1. The molecule has 0 saturated heterocycles. The van der Waals surface area contributed by atoms with Crippen LogP contribution in [-0.2, 0) is 0 Å². The molecule has 0 aliphatic carbocycles. The van der Waals surface area contributed by atoms with Gasteiger partial charge in [-0.2, -0.15) is 0 Å². The summed E-state index contributed by atoms with van der Waals surface area (Å²) in [5.41, 5.74) is 11.0. The Labute approximate surface area is 298 Å². The maximum Gasteiger partial charge on any atom is 0.227 e. The molecule has 6 heteroatoms. The zero-order valence-electron chi connectivity index (χ0n) is 27.8. The first kappa shape index (κ1) is 29.7. The Morgan fingerprint density at radius 1 is 0.327 bits per heavy atom. The number of aromatic nitrogens is 4. The lowest BCUT2D eigenvalue weighted by atomic mass is 9.98. The number of nitrogens with zero attached hydrogens (tertiary/aromatic N) is 4. The van der Waals surface area contributed by atoms with Gasteiger partial charge in [-0.25, -0.2) is 19.9 Å². The normalized spacial score (nSPS) is 11.5. The van der Waals surface area contributed by atoms with Crippen molar-refractivity contribution in [3.8, 4) is 67.9 Å². The molecule has 0 N–H and O–H groups in total. The van der Waals surface area contributed by atoms with Gasteiger partial charge in [-0.05, 0) is 76.9 Å². The van der Waals surface area contributed by atoms with Crippen LogP contribution >= 0.6 is 0 Å². The van der Waals surface area contributed by atoms with Crippen molar-refractivity contribution in [3.63, 3.8) is 0 Å². The molecule has 0 fully saturated rings. The molecule has 0 radical (unpaired) electrons. The van der Waals surface area contributed by atoms with Gasteiger partial charge in [-0.1, -0.05) is 115 Å². The van der Waals surface area contributed by atoms with Crippen LogP contribution in [0.15, 0.2) is 179 Å². The second-order valence-electron chi connectivity index (χ2n) is 12.7. The van der Waals surface area contributed by atoms with E-state index in [1.165, 1.54) is 5.56 Å². The molecule has 3 aromatic heterocycles. The predicted octanol–water partition coefficient (Wildman–Crippen LogP) is 11.9. The van der Waals surface area contributed by atoms with Gasteiger partial charge in [-0.15, -0.1) is 0 Å². The summed E-state index contributed by atoms with van der Waals surface area (Å²) in [6.07, 6.45) is 0. The Balaban J connectivity index is 1.14. The largest absolute Gasteiger partial charge is 0.456 e. The molecule has 0 atom stereocenters. The van der Waals surface area contributed by atoms with Gasteiger partial charge < -0.3 is 8.83 Å². The molecule has 0 spiro atoms. The van der Waals surface area contributed by atoms with E-state index in [0.29, 0.717) is 28.9 Å². The molecule has 6 nitrogen and oxygen atoms in total. The second kappa shape index (κ2) is 12.3. The van der Waals surface area contributed by atoms with E-state index in [4.69, 9.17) is 28.8 Å². The third-order valence-corrected chi connectivity index (χ3v) is 9.37. The zero-order valence-corrected chi connectivity index (χ0v) is 27.8. The Morgan fingerprint density at radius 2 is 0.885 bits per heavy atom. The molecule has 10 rings (SSSR count). The van der Waals surface area contributed by atoms with Crippen LogP contribution in [0.5, 0.6) is 0 Å². The maximum atomic E-state index is 6.25.